The molecule has 0 spiro atoms. The molecule has 0 bridgehead atoms. The topological polar surface area (TPSA) is 71.1 Å². The van der Waals surface area contributed by atoms with Crippen molar-refractivity contribution in [1.82, 2.24) is 0 Å². The molecule has 2 rings (SSSR count). The maximum atomic E-state index is 10.3. The number of carbonyl (C=O) groups excluding carboxylic acids is 2. The van der Waals surface area contributed by atoms with E-state index >= 15 is 0 Å². The van der Waals surface area contributed by atoms with Crippen molar-refractivity contribution in [3.8, 4) is 0 Å². The predicted molar refractivity (Wildman–Crippen MR) is 62.2 cm³/mol. The Hall–Kier alpha value is -1.46. The van der Waals surface area contributed by atoms with Crippen LogP contribution in [0.3, 0.4) is 0 Å². The van der Waals surface area contributed by atoms with Crippen LogP contribution in [0, 0.1) is 10.8 Å². The minimum atomic E-state index is -0.547. The molecule has 0 aromatic heterocycles. The van der Waals surface area contributed by atoms with Crippen molar-refractivity contribution in [3.05, 3.63) is 0 Å². The van der Waals surface area contributed by atoms with Crippen molar-refractivity contribution in [3.63, 3.8) is 0 Å². The molecule has 2 saturated heterocycles. The quantitative estimate of drug-likeness (QED) is 0.623. The Morgan fingerprint density at radius 3 is 1.06 bits per heavy atom. The van der Waals surface area contributed by atoms with Crippen molar-refractivity contribution in [2.24, 2.45) is 10.8 Å². The van der Waals surface area contributed by atoms with Crippen LogP contribution in [0.25, 0.3) is 0 Å². The van der Waals surface area contributed by atoms with Crippen LogP contribution in [0.5, 0.6) is 0 Å². The fraction of sp³-hybridized carbons (Fsp3) is 0.833. The molecule has 2 aliphatic heterocycles. The molecule has 0 aromatic carbocycles. The molecule has 0 unspecified atom stereocenters. The standard InChI is InChI=1S/2C6H10O3/c2*1-6(2)3-8-5(7)9-4-6/h2*3-4H2,1-2H3. The average molecular weight is 260 g/mol. The van der Waals surface area contributed by atoms with Gasteiger partial charge in [0.25, 0.3) is 0 Å². The van der Waals surface area contributed by atoms with E-state index in [2.05, 4.69) is 18.9 Å². The molecule has 0 N–H and O–H groups in total. The highest BCUT2D eigenvalue weighted by Gasteiger charge is 2.28. The molecular weight excluding hydrogens is 240 g/mol. The average Bonchev–Trinajstić information content (AvgIpc) is 2.28. The molecule has 0 radical (unpaired) electrons. The third-order valence-electron chi connectivity index (χ3n) is 2.32. The Balaban J connectivity index is 0.000000180. The van der Waals surface area contributed by atoms with Crippen molar-refractivity contribution in [2.75, 3.05) is 26.4 Å². The molecule has 2 aliphatic rings. The first kappa shape index (κ1) is 14.6. The van der Waals surface area contributed by atoms with Gasteiger partial charge in [-0.15, -0.1) is 0 Å². The minimum absolute atomic E-state index is 0.00604. The molecule has 0 aromatic rings. The lowest BCUT2D eigenvalue weighted by Crippen LogP contribution is -2.34. The Morgan fingerprint density at radius 1 is 0.667 bits per heavy atom. The first-order valence-electron chi connectivity index (χ1n) is 5.79. The summed E-state index contributed by atoms with van der Waals surface area (Å²) >= 11 is 0. The molecular formula is C12H20O6. The van der Waals surface area contributed by atoms with Gasteiger partial charge in [-0.3, -0.25) is 0 Å². The van der Waals surface area contributed by atoms with E-state index in [1.165, 1.54) is 0 Å². The van der Waals surface area contributed by atoms with Crippen LogP contribution >= 0.6 is 0 Å². The maximum absolute atomic E-state index is 10.3. The Labute approximate surface area is 107 Å². The third kappa shape index (κ3) is 5.25. The monoisotopic (exact) mass is 260 g/mol. The largest absolute Gasteiger partial charge is 0.508 e. The fourth-order valence-electron chi connectivity index (χ4n) is 1.18. The summed E-state index contributed by atoms with van der Waals surface area (Å²) in [6, 6.07) is 0. The molecule has 0 saturated carbocycles. The fourth-order valence-corrected chi connectivity index (χ4v) is 1.18. The number of hydrogen-bond donors (Lipinski definition) is 0. The summed E-state index contributed by atoms with van der Waals surface area (Å²) in [7, 11) is 0. The van der Waals surface area contributed by atoms with E-state index in [1.807, 2.05) is 27.7 Å². The van der Waals surface area contributed by atoms with Crippen LogP contribution in [0.1, 0.15) is 27.7 Å². The summed E-state index contributed by atoms with van der Waals surface area (Å²) in [5, 5.41) is 0. The second kappa shape index (κ2) is 5.46. The van der Waals surface area contributed by atoms with Gasteiger partial charge in [0.15, 0.2) is 0 Å². The van der Waals surface area contributed by atoms with E-state index in [4.69, 9.17) is 0 Å². The van der Waals surface area contributed by atoms with Gasteiger partial charge >= 0.3 is 12.3 Å². The number of carbonyl (C=O) groups is 2. The summed E-state index contributed by atoms with van der Waals surface area (Å²) in [5.41, 5.74) is -0.0121. The predicted octanol–water partition coefficient (Wildman–Crippen LogP) is 2.36. The summed E-state index contributed by atoms with van der Waals surface area (Å²) in [6.07, 6.45) is -1.09. The van der Waals surface area contributed by atoms with Crippen molar-refractivity contribution >= 4 is 12.3 Å². The molecule has 0 atom stereocenters. The van der Waals surface area contributed by atoms with Crippen LogP contribution in [-0.4, -0.2) is 38.7 Å². The summed E-state index contributed by atoms with van der Waals surface area (Å²) in [4.78, 5) is 20.6. The highest BCUT2D eigenvalue weighted by molar-refractivity contribution is 5.60. The van der Waals surface area contributed by atoms with E-state index in [0.29, 0.717) is 26.4 Å². The zero-order valence-electron chi connectivity index (χ0n) is 11.3. The maximum Gasteiger partial charge on any atom is 0.508 e. The molecule has 6 nitrogen and oxygen atoms in total. The van der Waals surface area contributed by atoms with Crippen molar-refractivity contribution < 1.29 is 28.5 Å². The van der Waals surface area contributed by atoms with Gasteiger partial charge in [-0.25, -0.2) is 9.59 Å². The molecule has 2 heterocycles. The summed E-state index contributed by atoms with van der Waals surface area (Å²) in [6.45, 7) is 9.80. The molecule has 18 heavy (non-hydrogen) atoms. The number of ether oxygens (including phenoxy) is 4. The minimum Gasteiger partial charge on any atom is -0.434 e. The SMILES string of the molecule is CC1(C)COC(=O)OC1.CC1(C)COC(=O)OC1. The van der Waals surface area contributed by atoms with E-state index in [9.17, 15) is 9.59 Å². The van der Waals surface area contributed by atoms with Crippen LogP contribution in [0.4, 0.5) is 9.59 Å². The van der Waals surface area contributed by atoms with Crippen LogP contribution in [0.2, 0.25) is 0 Å². The molecule has 104 valence electrons. The molecule has 0 aliphatic carbocycles. The lowest BCUT2D eigenvalue weighted by atomic mass is 9.96. The Kier molecular flexibility index (Phi) is 4.43. The van der Waals surface area contributed by atoms with Gasteiger partial charge in [0.05, 0.1) is 0 Å². The van der Waals surface area contributed by atoms with Crippen molar-refractivity contribution in [1.29, 1.82) is 0 Å². The smallest absolute Gasteiger partial charge is 0.434 e. The summed E-state index contributed by atoms with van der Waals surface area (Å²) in [5.74, 6) is 0. The number of hydrogen-bond acceptors (Lipinski definition) is 6. The molecule has 2 fully saturated rings. The van der Waals surface area contributed by atoms with E-state index in [-0.39, 0.29) is 10.8 Å². The highest BCUT2D eigenvalue weighted by Crippen LogP contribution is 2.20. The Bertz CT molecular complexity index is 265. The third-order valence-corrected chi connectivity index (χ3v) is 2.32. The number of rotatable bonds is 0. The van der Waals surface area contributed by atoms with Gasteiger partial charge in [-0.05, 0) is 0 Å². The van der Waals surface area contributed by atoms with Gasteiger partial charge in [0.2, 0.25) is 0 Å². The zero-order valence-corrected chi connectivity index (χ0v) is 11.3. The summed E-state index contributed by atoms with van der Waals surface area (Å²) < 4.78 is 18.5. The van der Waals surface area contributed by atoms with Gasteiger partial charge in [0.1, 0.15) is 26.4 Å². The van der Waals surface area contributed by atoms with E-state index in [1.54, 1.807) is 0 Å². The van der Waals surface area contributed by atoms with Gasteiger partial charge in [-0.1, -0.05) is 27.7 Å². The lowest BCUT2D eigenvalue weighted by molar-refractivity contribution is -0.0448. The Morgan fingerprint density at radius 2 is 0.889 bits per heavy atom. The van der Waals surface area contributed by atoms with E-state index in [0.717, 1.165) is 0 Å². The zero-order chi connectivity index (χ0) is 13.8. The van der Waals surface area contributed by atoms with Crippen LogP contribution < -0.4 is 0 Å². The lowest BCUT2D eigenvalue weighted by Gasteiger charge is -2.27. The molecule has 6 heteroatoms. The first-order chi connectivity index (χ1) is 8.20. The van der Waals surface area contributed by atoms with Gasteiger partial charge in [-0.2, -0.15) is 0 Å². The van der Waals surface area contributed by atoms with Crippen molar-refractivity contribution in [2.45, 2.75) is 27.7 Å². The van der Waals surface area contributed by atoms with Crippen LogP contribution in [-0.2, 0) is 18.9 Å². The normalized spacial score (nSPS) is 24.4. The van der Waals surface area contributed by atoms with Gasteiger partial charge in [0, 0.05) is 10.8 Å². The second-order valence-corrected chi connectivity index (χ2v) is 5.98. The van der Waals surface area contributed by atoms with Crippen LogP contribution in [0.15, 0.2) is 0 Å². The second-order valence-electron chi connectivity index (χ2n) is 5.98. The molecule has 0 amide bonds. The van der Waals surface area contributed by atoms with Gasteiger partial charge < -0.3 is 18.9 Å². The first-order valence-corrected chi connectivity index (χ1v) is 5.79. The van der Waals surface area contributed by atoms with E-state index < -0.39 is 12.3 Å². The highest BCUT2D eigenvalue weighted by atomic mass is 16.7. The number of cyclic esters (lactones) is 4.